The molecule has 0 spiro atoms. The van der Waals surface area contributed by atoms with Gasteiger partial charge in [-0.3, -0.25) is 0 Å². The zero-order valence-corrected chi connectivity index (χ0v) is 18.2. The minimum Gasteiger partial charge on any atom is -0.465 e. The highest BCUT2D eigenvalue weighted by molar-refractivity contribution is 6.09. The molecule has 33 heavy (non-hydrogen) atoms. The second kappa shape index (κ2) is 8.28. The third-order valence-corrected chi connectivity index (χ3v) is 5.88. The minimum absolute atomic E-state index is 0.347. The molecule has 1 aromatic heterocycles. The number of rotatable bonds is 4. The summed E-state index contributed by atoms with van der Waals surface area (Å²) in [7, 11) is 2.76. The first-order valence-corrected chi connectivity index (χ1v) is 10.5. The maximum atomic E-state index is 11.7. The summed E-state index contributed by atoms with van der Waals surface area (Å²) in [6.45, 7) is 0. The van der Waals surface area contributed by atoms with Gasteiger partial charge in [0, 0.05) is 21.8 Å². The van der Waals surface area contributed by atoms with Crippen LogP contribution >= 0.6 is 0 Å². The van der Waals surface area contributed by atoms with Gasteiger partial charge < -0.3 is 14.5 Å². The smallest absolute Gasteiger partial charge is 0.337 e. The van der Waals surface area contributed by atoms with E-state index in [4.69, 9.17) is 9.47 Å². The molecule has 0 atom stereocenters. The predicted octanol–water partition coefficient (Wildman–Crippen LogP) is 6.23. The third-order valence-electron chi connectivity index (χ3n) is 5.88. The average Bonchev–Trinajstić information content (AvgIpc) is 3.25. The van der Waals surface area contributed by atoms with Crippen molar-refractivity contribution in [2.75, 3.05) is 14.2 Å². The fraction of sp³-hybridized carbons (Fsp3) is 0.0714. The van der Waals surface area contributed by atoms with Crippen LogP contribution in [0.4, 0.5) is 0 Å². The van der Waals surface area contributed by atoms with Crippen LogP contribution in [0.25, 0.3) is 44.1 Å². The van der Waals surface area contributed by atoms with E-state index in [9.17, 15) is 9.59 Å². The van der Waals surface area contributed by atoms with Crippen molar-refractivity contribution in [1.82, 2.24) is 4.98 Å². The van der Waals surface area contributed by atoms with E-state index in [-0.39, 0.29) is 11.9 Å². The van der Waals surface area contributed by atoms with Crippen LogP contribution in [-0.4, -0.2) is 31.1 Å². The Morgan fingerprint density at radius 3 is 1.27 bits per heavy atom. The van der Waals surface area contributed by atoms with Gasteiger partial charge in [0.1, 0.15) is 0 Å². The first kappa shape index (κ1) is 20.5. The molecule has 0 radical (unpaired) electrons. The number of H-pyrrole nitrogens is 1. The van der Waals surface area contributed by atoms with Gasteiger partial charge in [-0.25, -0.2) is 9.59 Å². The van der Waals surface area contributed by atoms with E-state index >= 15 is 0 Å². The van der Waals surface area contributed by atoms with Crippen LogP contribution in [-0.2, 0) is 9.47 Å². The SMILES string of the molecule is COC(=O)c1ccc(-c2ccc3[nH]c4ccc(-c5ccc(C(=O)OC)cc5)cc4c3c2)cc1. The number of hydrogen-bond donors (Lipinski definition) is 1. The molecule has 5 rings (SSSR count). The van der Waals surface area contributed by atoms with E-state index in [1.54, 1.807) is 24.3 Å². The largest absolute Gasteiger partial charge is 0.465 e. The lowest BCUT2D eigenvalue weighted by molar-refractivity contribution is 0.0592. The van der Waals surface area contributed by atoms with Crippen LogP contribution in [0.15, 0.2) is 84.9 Å². The Morgan fingerprint density at radius 1 is 0.545 bits per heavy atom. The summed E-state index contributed by atoms with van der Waals surface area (Å²) in [5.41, 5.74) is 7.33. The van der Waals surface area contributed by atoms with Gasteiger partial charge in [0.05, 0.1) is 25.3 Å². The summed E-state index contributed by atoms with van der Waals surface area (Å²) in [6.07, 6.45) is 0. The number of hydrogen-bond acceptors (Lipinski definition) is 4. The quantitative estimate of drug-likeness (QED) is 0.340. The molecule has 5 aromatic rings. The molecular formula is C28H21NO4. The molecule has 0 fully saturated rings. The standard InChI is InChI=1S/C28H21NO4/c1-32-27(30)19-7-3-17(4-8-19)21-11-13-25-23(15-21)24-16-22(12-14-26(24)29-25)18-5-9-20(10-6-18)28(31)33-2/h3-16,29H,1-2H3. The Labute approximate surface area is 190 Å². The lowest BCUT2D eigenvalue weighted by Gasteiger charge is -2.05. The van der Waals surface area contributed by atoms with Crippen molar-refractivity contribution in [2.24, 2.45) is 0 Å². The molecule has 0 saturated heterocycles. The van der Waals surface area contributed by atoms with Crippen LogP contribution < -0.4 is 0 Å². The van der Waals surface area contributed by atoms with E-state index in [0.29, 0.717) is 11.1 Å². The molecule has 1 N–H and O–H groups in total. The average molecular weight is 435 g/mol. The Kier molecular flexibility index (Phi) is 5.15. The van der Waals surface area contributed by atoms with Crippen LogP contribution in [0.2, 0.25) is 0 Å². The van der Waals surface area contributed by atoms with Crippen LogP contribution in [0.5, 0.6) is 0 Å². The van der Waals surface area contributed by atoms with E-state index < -0.39 is 0 Å². The molecule has 0 bridgehead atoms. The monoisotopic (exact) mass is 435 g/mol. The summed E-state index contributed by atoms with van der Waals surface area (Å²) in [6, 6.07) is 27.4. The second-order valence-corrected chi connectivity index (χ2v) is 7.78. The number of benzene rings is 4. The summed E-state index contributed by atoms with van der Waals surface area (Å²) in [5, 5.41) is 2.24. The van der Waals surface area contributed by atoms with Crippen LogP contribution in [0, 0.1) is 0 Å². The summed E-state index contributed by atoms with van der Waals surface area (Å²) >= 11 is 0. The van der Waals surface area contributed by atoms with Crippen molar-refractivity contribution < 1.29 is 19.1 Å². The number of aromatic nitrogens is 1. The second-order valence-electron chi connectivity index (χ2n) is 7.78. The van der Waals surface area contributed by atoms with Gasteiger partial charge in [0.15, 0.2) is 0 Å². The highest BCUT2D eigenvalue weighted by atomic mass is 16.5. The molecule has 0 saturated carbocycles. The lowest BCUT2D eigenvalue weighted by Crippen LogP contribution is -2.00. The maximum absolute atomic E-state index is 11.7. The number of methoxy groups -OCH3 is 2. The molecule has 1 heterocycles. The van der Waals surface area contributed by atoms with Gasteiger partial charge in [-0.15, -0.1) is 0 Å². The van der Waals surface area contributed by atoms with Crippen molar-refractivity contribution in [1.29, 1.82) is 0 Å². The number of carbonyl (C=O) groups excluding carboxylic acids is 2. The number of ether oxygens (including phenoxy) is 2. The Morgan fingerprint density at radius 2 is 0.909 bits per heavy atom. The lowest BCUT2D eigenvalue weighted by atomic mass is 9.99. The van der Waals surface area contributed by atoms with E-state index in [1.165, 1.54) is 14.2 Å². The van der Waals surface area contributed by atoms with E-state index in [0.717, 1.165) is 44.1 Å². The van der Waals surface area contributed by atoms with E-state index in [1.807, 2.05) is 24.3 Å². The van der Waals surface area contributed by atoms with Crippen molar-refractivity contribution in [3.63, 3.8) is 0 Å². The van der Waals surface area contributed by atoms with E-state index in [2.05, 4.69) is 41.4 Å². The molecule has 4 aromatic carbocycles. The van der Waals surface area contributed by atoms with Crippen molar-refractivity contribution in [2.45, 2.75) is 0 Å². The molecular weight excluding hydrogens is 414 g/mol. The zero-order chi connectivity index (χ0) is 22.9. The molecule has 0 unspecified atom stereocenters. The summed E-state index contributed by atoms with van der Waals surface area (Å²) < 4.78 is 9.57. The van der Waals surface area contributed by atoms with Crippen LogP contribution in [0.3, 0.4) is 0 Å². The highest BCUT2D eigenvalue weighted by Gasteiger charge is 2.10. The van der Waals surface area contributed by atoms with Gasteiger partial charge in [0.2, 0.25) is 0 Å². The first-order valence-electron chi connectivity index (χ1n) is 10.5. The minimum atomic E-state index is -0.347. The third kappa shape index (κ3) is 3.74. The maximum Gasteiger partial charge on any atom is 0.337 e. The summed E-state index contributed by atoms with van der Waals surface area (Å²) in [5.74, 6) is -0.693. The zero-order valence-electron chi connectivity index (χ0n) is 18.2. The number of carbonyl (C=O) groups is 2. The van der Waals surface area contributed by atoms with Crippen molar-refractivity contribution in [3.05, 3.63) is 96.1 Å². The number of nitrogens with one attached hydrogen (secondary N) is 1. The Hall–Kier alpha value is -4.38. The van der Waals surface area contributed by atoms with Gasteiger partial charge in [-0.1, -0.05) is 36.4 Å². The molecule has 162 valence electrons. The molecule has 5 nitrogen and oxygen atoms in total. The fourth-order valence-electron chi connectivity index (χ4n) is 4.09. The van der Waals surface area contributed by atoms with Gasteiger partial charge in [0.25, 0.3) is 0 Å². The molecule has 5 heteroatoms. The summed E-state index contributed by atoms with van der Waals surface area (Å²) in [4.78, 5) is 26.9. The molecule has 0 aliphatic heterocycles. The molecule has 0 amide bonds. The van der Waals surface area contributed by atoms with Gasteiger partial charge >= 0.3 is 11.9 Å². The Bertz CT molecular complexity index is 1380. The van der Waals surface area contributed by atoms with Crippen LogP contribution in [0.1, 0.15) is 20.7 Å². The predicted molar refractivity (Wildman–Crippen MR) is 129 cm³/mol. The first-order chi connectivity index (χ1) is 16.1. The molecule has 0 aliphatic carbocycles. The highest BCUT2D eigenvalue weighted by Crippen LogP contribution is 2.33. The van der Waals surface area contributed by atoms with Gasteiger partial charge in [-0.2, -0.15) is 0 Å². The fourth-order valence-corrected chi connectivity index (χ4v) is 4.09. The normalized spacial score (nSPS) is 11.0. The van der Waals surface area contributed by atoms with Crippen molar-refractivity contribution in [3.8, 4) is 22.3 Å². The number of aromatic amines is 1. The van der Waals surface area contributed by atoms with Crippen molar-refractivity contribution >= 4 is 33.7 Å². The topological polar surface area (TPSA) is 68.4 Å². The Balaban J connectivity index is 1.55. The number of fused-ring (bicyclic) bond motifs is 3. The number of esters is 2. The molecule has 0 aliphatic rings. The van der Waals surface area contributed by atoms with Gasteiger partial charge in [-0.05, 0) is 70.8 Å².